The van der Waals surface area contributed by atoms with Crippen LogP contribution in [-0.4, -0.2) is 6.54 Å². The van der Waals surface area contributed by atoms with Gasteiger partial charge in [-0.1, -0.05) is 50.4 Å². The quantitative estimate of drug-likeness (QED) is 0.730. The van der Waals surface area contributed by atoms with Gasteiger partial charge >= 0.3 is 0 Å². The third-order valence-electron chi connectivity index (χ3n) is 3.02. The van der Waals surface area contributed by atoms with Crippen LogP contribution in [0.25, 0.3) is 0 Å². The molecule has 1 N–H and O–H groups in total. The Balaban J connectivity index is 2.79. The molecule has 1 rings (SSSR count). The maximum absolute atomic E-state index is 6.34. The largest absolute Gasteiger partial charge is 0.310 e. The first-order valence-corrected chi connectivity index (χ1v) is 7.06. The molecular formula is C15H24ClN. The number of rotatable bonds is 7. The highest BCUT2D eigenvalue weighted by molar-refractivity contribution is 6.31. The van der Waals surface area contributed by atoms with Crippen molar-refractivity contribution in [2.24, 2.45) is 0 Å². The number of benzene rings is 1. The summed E-state index contributed by atoms with van der Waals surface area (Å²) < 4.78 is 0. The molecule has 1 atom stereocenters. The molecule has 1 aromatic carbocycles. The summed E-state index contributed by atoms with van der Waals surface area (Å²) >= 11 is 6.34. The van der Waals surface area contributed by atoms with Gasteiger partial charge in [0, 0.05) is 11.1 Å². The van der Waals surface area contributed by atoms with Crippen LogP contribution in [0.5, 0.6) is 0 Å². The number of nitrogens with one attached hydrogen (secondary N) is 1. The Morgan fingerprint density at radius 1 is 1.24 bits per heavy atom. The lowest BCUT2D eigenvalue weighted by atomic mass is 10.00. The first-order chi connectivity index (χ1) is 8.19. The molecule has 0 heterocycles. The number of hydrogen-bond donors (Lipinski definition) is 1. The van der Waals surface area contributed by atoms with Crippen LogP contribution in [-0.2, 0) is 0 Å². The molecule has 0 saturated heterocycles. The van der Waals surface area contributed by atoms with Crippen molar-refractivity contribution in [2.75, 3.05) is 6.54 Å². The Labute approximate surface area is 111 Å². The topological polar surface area (TPSA) is 12.0 Å². The Morgan fingerprint density at radius 3 is 2.59 bits per heavy atom. The molecule has 0 amide bonds. The van der Waals surface area contributed by atoms with Crippen molar-refractivity contribution in [1.82, 2.24) is 5.32 Å². The zero-order chi connectivity index (χ0) is 12.7. The first kappa shape index (κ1) is 14.5. The van der Waals surface area contributed by atoms with E-state index >= 15 is 0 Å². The van der Waals surface area contributed by atoms with Gasteiger partial charge in [-0.3, -0.25) is 0 Å². The summed E-state index contributed by atoms with van der Waals surface area (Å²) in [4.78, 5) is 0. The van der Waals surface area contributed by atoms with Crippen molar-refractivity contribution in [3.8, 4) is 0 Å². The maximum atomic E-state index is 6.34. The van der Waals surface area contributed by atoms with E-state index in [0.29, 0.717) is 6.04 Å². The Hall–Kier alpha value is -0.530. The molecule has 96 valence electrons. The summed E-state index contributed by atoms with van der Waals surface area (Å²) in [5.74, 6) is 0. The van der Waals surface area contributed by atoms with E-state index in [0.717, 1.165) is 18.0 Å². The van der Waals surface area contributed by atoms with E-state index < -0.39 is 0 Å². The normalized spacial score (nSPS) is 12.7. The van der Waals surface area contributed by atoms with Crippen molar-refractivity contribution in [1.29, 1.82) is 0 Å². The van der Waals surface area contributed by atoms with Gasteiger partial charge in [0.1, 0.15) is 0 Å². The SMILES string of the molecule is CCCCC(NCCC)c1ccc(C)cc1Cl. The minimum Gasteiger partial charge on any atom is -0.310 e. The smallest absolute Gasteiger partial charge is 0.0456 e. The van der Waals surface area contributed by atoms with E-state index in [1.165, 1.54) is 30.4 Å². The molecule has 1 nitrogen and oxygen atoms in total. The molecule has 1 aromatic rings. The van der Waals surface area contributed by atoms with Gasteiger partial charge in [-0.25, -0.2) is 0 Å². The highest BCUT2D eigenvalue weighted by Gasteiger charge is 2.13. The average molecular weight is 254 g/mol. The lowest BCUT2D eigenvalue weighted by molar-refractivity contribution is 0.481. The fourth-order valence-corrected chi connectivity index (χ4v) is 2.38. The van der Waals surface area contributed by atoms with Gasteiger partial charge in [-0.2, -0.15) is 0 Å². The van der Waals surface area contributed by atoms with E-state index in [4.69, 9.17) is 11.6 Å². The Morgan fingerprint density at radius 2 is 2.00 bits per heavy atom. The number of halogens is 1. The molecule has 17 heavy (non-hydrogen) atoms. The molecule has 0 spiro atoms. The van der Waals surface area contributed by atoms with Crippen LogP contribution in [0, 0.1) is 6.92 Å². The third kappa shape index (κ3) is 4.69. The van der Waals surface area contributed by atoms with E-state index in [-0.39, 0.29) is 0 Å². The fourth-order valence-electron chi connectivity index (χ4n) is 2.01. The third-order valence-corrected chi connectivity index (χ3v) is 3.35. The molecule has 0 aliphatic carbocycles. The second kappa shape index (κ2) is 7.73. The first-order valence-electron chi connectivity index (χ1n) is 6.68. The summed E-state index contributed by atoms with van der Waals surface area (Å²) in [5, 5.41) is 4.49. The summed E-state index contributed by atoms with van der Waals surface area (Å²) in [6.45, 7) is 7.56. The summed E-state index contributed by atoms with van der Waals surface area (Å²) in [6, 6.07) is 6.78. The second-order valence-electron chi connectivity index (χ2n) is 4.67. The molecule has 0 radical (unpaired) electrons. The van der Waals surface area contributed by atoms with Crippen molar-refractivity contribution < 1.29 is 0 Å². The van der Waals surface area contributed by atoms with Gasteiger partial charge in [0.15, 0.2) is 0 Å². The lowest BCUT2D eigenvalue weighted by Crippen LogP contribution is -2.22. The van der Waals surface area contributed by atoms with Gasteiger partial charge < -0.3 is 5.32 Å². The Kier molecular flexibility index (Phi) is 6.61. The number of unbranched alkanes of at least 4 members (excludes halogenated alkanes) is 1. The van der Waals surface area contributed by atoms with Crippen molar-refractivity contribution >= 4 is 11.6 Å². The van der Waals surface area contributed by atoms with Crippen LogP contribution in [0.3, 0.4) is 0 Å². The van der Waals surface area contributed by atoms with E-state index in [9.17, 15) is 0 Å². The van der Waals surface area contributed by atoms with Crippen LogP contribution in [0.15, 0.2) is 18.2 Å². The summed E-state index contributed by atoms with van der Waals surface area (Å²) in [7, 11) is 0. The van der Waals surface area contributed by atoms with E-state index in [1.807, 2.05) is 0 Å². The van der Waals surface area contributed by atoms with Crippen LogP contribution >= 0.6 is 11.6 Å². The highest BCUT2D eigenvalue weighted by atomic mass is 35.5. The van der Waals surface area contributed by atoms with E-state index in [2.05, 4.69) is 44.3 Å². The van der Waals surface area contributed by atoms with Crippen LogP contribution in [0.1, 0.15) is 56.7 Å². The van der Waals surface area contributed by atoms with Crippen molar-refractivity contribution in [3.05, 3.63) is 34.3 Å². The maximum Gasteiger partial charge on any atom is 0.0456 e. The molecule has 0 bridgehead atoms. The van der Waals surface area contributed by atoms with Crippen LogP contribution in [0.4, 0.5) is 0 Å². The molecular weight excluding hydrogens is 230 g/mol. The number of aryl methyl sites for hydroxylation is 1. The predicted octanol–water partition coefficient (Wildman–Crippen LogP) is 4.88. The van der Waals surface area contributed by atoms with Gasteiger partial charge in [-0.05, 0) is 43.5 Å². The molecule has 0 fully saturated rings. The van der Waals surface area contributed by atoms with Gasteiger partial charge in [-0.15, -0.1) is 0 Å². The molecule has 1 unspecified atom stereocenters. The zero-order valence-electron chi connectivity index (χ0n) is 11.2. The van der Waals surface area contributed by atoms with E-state index in [1.54, 1.807) is 0 Å². The Bertz CT molecular complexity index is 328. The monoisotopic (exact) mass is 253 g/mol. The summed E-state index contributed by atoms with van der Waals surface area (Å²) in [6.07, 6.45) is 4.80. The average Bonchev–Trinajstić information content (AvgIpc) is 2.30. The van der Waals surface area contributed by atoms with Crippen molar-refractivity contribution in [2.45, 2.75) is 52.5 Å². The summed E-state index contributed by atoms with van der Waals surface area (Å²) in [5.41, 5.74) is 2.47. The van der Waals surface area contributed by atoms with Crippen LogP contribution in [0.2, 0.25) is 5.02 Å². The van der Waals surface area contributed by atoms with Gasteiger partial charge in [0.05, 0.1) is 0 Å². The molecule has 0 aromatic heterocycles. The van der Waals surface area contributed by atoms with Crippen molar-refractivity contribution in [3.63, 3.8) is 0 Å². The zero-order valence-corrected chi connectivity index (χ0v) is 12.0. The number of hydrogen-bond acceptors (Lipinski definition) is 1. The fraction of sp³-hybridized carbons (Fsp3) is 0.600. The van der Waals surface area contributed by atoms with Gasteiger partial charge in [0.25, 0.3) is 0 Å². The molecule has 2 heteroatoms. The minimum absolute atomic E-state index is 0.406. The standard InChI is InChI=1S/C15H24ClN/c1-4-6-7-15(17-10-5-2)13-9-8-12(3)11-14(13)16/h8-9,11,15,17H,4-7,10H2,1-3H3. The van der Waals surface area contributed by atoms with Crippen LogP contribution < -0.4 is 5.32 Å². The van der Waals surface area contributed by atoms with Gasteiger partial charge in [0.2, 0.25) is 0 Å². The predicted molar refractivity (Wildman–Crippen MR) is 76.7 cm³/mol. The lowest BCUT2D eigenvalue weighted by Gasteiger charge is -2.20. The molecule has 0 saturated carbocycles. The molecule has 0 aliphatic rings. The highest BCUT2D eigenvalue weighted by Crippen LogP contribution is 2.27. The minimum atomic E-state index is 0.406. The molecule has 0 aliphatic heterocycles. The second-order valence-corrected chi connectivity index (χ2v) is 5.08.